The fraction of sp³-hybridized carbons (Fsp3) is 0.400. The summed E-state index contributed by atoms with van der Waals surface area (Å²) in [5.74, 6) is -0.383. The van der Waals surface area contributed by atoms with E-state index in [2.05, 4.69) is 0 Å². The number of Topliss-reactive ketones (excluding diaryl/α,β-unsaturated/α-hetero) is 1. The molecular weight excluding hydrogens is 304 g/mol. The largest absolute Gasteiger partial charge is 0.303 e. The van der Waals surface area contributed by atoms with Crippen molar-refractivity contribution in [1.29, 1.82) is 0 Å². The van der Waals surface area contributed by atoms with Gasteiger partial charge in [-0.15, -0.1) is 0 Å². The van der Waals surface area contributed by atoms with Crippen molar-refractivity contribution in [2.75, 3.05) is 0 Å². The fourth-order valence-corrected chi connectivity index (χ4v) is 4.66. The second kappa shape index (κ2) is 5.07. The molecule has 3 aliphatic rings. The highest BCUT2D eigenvalue weighted by atomic mass is 16.1. The molecular formula is C20H18O4. The second-order valence-corrected chi connectivity index (χ2v) is 7.40. The molecule has 122 valence electrons. The van der Waals surface area contributed by atoms with Gasteiger partial charge in [0.15, 0.2) is 17.3 Å². The Morgan fingerprint density at radius 1 is 1.04 bits per heavy atom. The second-order valence-electron chi connectivity index (χ2n) is 7.40. The van der Waals surface area contributed by atoms with Crippen LogP contribution in [0.1, 0.15) is 75.2 Å². The number of allylic oxidation sites excluding steroid dienone is 2. The Bertz CT molecular complexity index is 832. The van der Waals surface area contributed by atoms with E-state index in [-0.39, 0.29) is 29.2 Å². The quantitative estimate of drug-likeness (QED) is 0.744. The number of rotatable bonds is 1. The zero-order valence-corrected chi connectivity index (χ0v) is 13.5. The predicted molar refractivity (Wildman–Crippen MR) is 87.4 cm³/mol. The van der Waals surface area contributed by atoms with Crippen LogP contribution >= 0.6 is 0 Å². The summed E-state index contributed by atoms with van der Waals surface area (Å²) in [6, 6.07) is 3.33. The number of aldehydes is 1. The van der Waals surface area contributed by atoms with E-state index in [1.165, 1.54) is 12.2 Å². The highest BCUT2D eigenvalue weighted by molar-refractivity contribution is 6.23. The van der Waals surface area contributed by atoms with E-state index in [1.807, 2.05) is 6.92 Å². The molecule has 0 unspecified atom stereocenters. The molecule has 4 nitrogen and oxygen atoms in total. The van der Waals surface area contributed by atoms with E-state index in [9.17, 15) is 19.2 Å². The normalized spacial score (nSPS) is 31.3. The zero-order valence-electron chi connectivity index (χ0n) is 13.5. The summed E-state index contributed by atoms with van der Waals surface area (Å²) in [4.78, 5) is 48.6. The zero-order chi connectivity index (χ0) is 17.1. The van der Waals surface area contributed by atoms with E-state index >= 15 is 0 Å². The molecule has 3 atom stereocenters. The van der Waals surface area contributed by atoms with Gasteiger partial charge in [0, 0.05) is 28.5 Å². The molecule has 24 heavy (non-hydrogen) atoms. The minimum atomic E-state index is -0.494. The van der Waals surface area contributed by atoms with Crippen molar-refractivity contribution >= 4 is 23.6 Å². The van der Waals surface area contributed by atoms with Gasteiger partial charge in [0.25, 0.3) is 0 Å². The molecule has 0 aromatic heterocycles. The van der Waals surface area contributed by atoms with Crippen molar-refractivity contribution in [1.82, 2.24) is 0 Å². The number of fused-ring (bicyclic) bond motifs is 4. The molecule has 0 saturated heterocycles. The van der Waals surface area contributed by atoms with Crippen LogP contribution in [0.4, 0.5) is 0 Å². The van der Waals surface area contributed by atoms with Crippen molar-refractivity contribution in [3.63, 3.8) is 0 Å². The SMILES string of the molecule is C[C@]1(C=O)CCC[C@@H]2c3cc4c(cc3C(=O)C[C@H]21)C(=O)C=CC4=O. The van der Waals surface area contributed by atoms with Gasteiger partial charge in [0.2, 0.25) is 0 Å². The molecule has 4 heteroatoms. The number of ketones is 3. The number of hydrogen-bond acceptors (Lipinski definition) is 4. The Morgan fingerprint density at radius 2 is 1.71 bits per heavy atom. The molecule has 0 bridgehead atoms. The first-order valence-corrected chi connectivity index (χ1v) is 8.39. The summed E-state index contributed by atoms with van der Waals surface area (Å²) in [7, 11) is 0. The maximum Gasteiger partial charge on any atom is 0.186 e. The molecule has 1 aromatic carbocycles. The predicted octanol–water partition coefficient (Wildman–Crippen LogP) is 3.30. The topological polar surface area (TPSA) is 68.3 Å². The lowest BCUT2D eigenvalue weighted by Crippen LogP contribution is -2.41. The Morgan fingerprint density at radius 3 is 2.38 bits per heavy atom. The third-order valence-electron chi connectivity index (χ3n) is 6.04. The molecule has 1 fully saturated rings. The molecule has 4 rings (SSSR count). The van der Waals surface area contributed by atoms with E-state index in [4.69, 9.17) is 0 Å². The Balaban J connectivity index is 1.90. The first-order valence-electron chi connectivity index (χ1n) is 8.39. The van der Waals surface area contributed by atoms with E-state index in [0.29, 0.717) is 23.1 Å². The summed E-state index contributed by atoms with van der Waals surface area (Å²) in [5, 5.41) is 0. The number of carbonyl (C=O) groups is 4. The van der Waals surface area contributed by atoms with Gasteiger partial charge >= 0.3 is 0 Å². The summed E-state index contributed by atoms with van der Waals surface area (Å²) in [6.07, 6.45) is 6.51. The Kier molecular flexibility index (Phi) is 3.21. The van der Waals surface area contributed by atoms with E-state index < -0.39 is 5.41 Å². The van der Waals surface area contributed by atoms with Crippen LogP contribution in [0.5, 0.6) is 0 Å². The maximum absolute atomic E-state index is 12.7. The number of carbonyl (C=O) groups excluding carboxylic acids is 4. The lowest BCUT2D eigenvalue weighted by atomic mass is 9.57. The third kappa shape index (κ3) is 1.98. The molecule has 3 aliphatic carbocycles. The lowest BCUT2D eigenvalue weighted by molar-refractivity contribution is -0.120. The van der Waals surface area contributed by atoms with Crippen LogP contribution in [0.3, 0.4) is 0 Å². The van der Waals surface area contributed by atoms with Crippen molar-refractivity contribution in [3.8, 4) is 0 Å². The van der Waals surface area contributed by atoms with E-state index in [0.717, 1.165) is 31.1 Å². The first-order chi connectivity index (χ1) is 11.4. The summed E-state index contributed by atoms with van der Waals surface area (Å²) in [5.41, 5.74) is 1.61. The van der Waals surface area contributed by atoms with Crippen molar-refractivity contribution in [2.45, 2.75) is 38.5 Å². The fourth-order valence-electron chi connectivity index (χ4n) is 4.66. The monoisotopic (exact) mass is 322 g/mol. The van der Waals surface area contributed by atoms with Crippen LogP contribution in [0.15, 0.2) is 24.3 Å². The van der Waals surface area contributed by atoms with Crippen molar-refractivity contribution < 1.29 is 19.2 Å². The van der Waals surface area contributed by atoms with Crippen LogP contribution in [0.2, 0.25) is 0 Å². The summed E-state index contributed by atoms with van der Waals surface area (Å²) < 4.78 is 0. The minimum absolute atomic E-state index is 0.0215. The van der Waals surface area contributed by atoms with Crippen LogP contribution in [-0.2, 0) is 4.79 Å². The Labute approximate surface area is 139 Å². The molecule has 0 N–H and O–H groups in total. The summed E-state index contributed by atoms with van der Waals surface area (Å²) in [6.45, 7) is 1.94. The molecule has 0 radical (unpaired) electrons. The van der Waals surface area contributed by atoms with Gasteiger partial charge in [-0.25, -0.2) is 0 Å². The van der Waals surface area contributed by atoms with Gasteiger partial charge in [-0.3, -0.25) is 14.4 Å². The molecule has 0 heterocycles. The highest BCUT2D eigenvalue weighted by Crippen LogP contribution is 2.53. The van der Waals surface area contributed by atoms with Crippen LogP contribution in [0.25, 0.3) is 0 Å². The molecule has 0 amide bonds. The number of benzene rings is 1. The average molecular weight is 322 g/mol. The van der Waals surface area contributed by atoms with Gasteiger partial charge in [0.05, 0.1) is 0 Å². The van der Waals surface area contributed by atoms with Gasteiger partial charge < -0.3 is 4.79 Å². The lowest BCUT2D eigenvalue weighted by Gasteiger charge is -2.46. The smallest absolute Gasteiger partial charge is 0.186 e. The molecule has 1 aromatic rings. The van der Waals surface area contributed by atoms with Gasteiger partial charge in [-0.1, -0.05) is 13.3 Å². The highest BCUT2D eigenvalue weighted by Gasteiger charge is 2.47. The third-order valence-corrected chi connectivity index (χ3v) is 6.04. The van der Waals surface area contributed by atoms with Crippen molar-refractivity contribution in [2.24, 2.45) is 11.3 Å². The standard InChI is InChI=1S/C20H18O4/c1-20(10-21)6-2-3-11-12-7-14-15(18(23)5-4-17(14)22)8-13(12)19(24)9-16(11)20/h4-5,7-8,10-11,16H,2-3,6,9H2,1H3/t11-,16-,20-/m1/s1. The van der Waals surface area contributed by atoms with Gasteiger partial charge in [-0.2, -0.15) is 0 Å². The first kappa shape index (κ1) is 15.2. The molecule has 0 aliphatic heterocycles. The average Bonchev–Trinajstić information content (AvgIpc) is 2.59. The van der Waals surface area contributed by atoms with Crippen LogP contribution in [0, 0.1) is 11.3 Å². The molecule has 1 saturated carbocycles. The van der Waals surface area contributed by atoms with E-state index in [1.54, 1.807) is 12.1 Å². The minimum Gasteiger partial charge on any atom is -0.303 e. The van der Waals surface area contributed by atoms with Gasteiger partial charge in [-0.05, 0) is 54.5 Å². The molecule has 0 spiro atoms. The maximum atomic E-state index is 12.7. The van der Waals surface area contributed by atoms with Crippen LogP contribution in [-0.4, -0.2) is 23.6 Å². The number of hydrogen-bond donors (Lipinski definition) is 0. The summed E-state index contributed by atoms with van der Waals surface area (Å²) >= 11 is 0. The van der Waals surface area contributed by atoms with Gasteiger partial charge in [0.1, 0.15) is 6.29 Å². The Hall–Kier alpha value is -2.36. The van der Waals surface area contributed by atoms with Crippen molar-refractivity contribution in [3.05, 3.63) is 46.5 Å². The van der Waals surface area contributed by atoms with Crippen LogP contribution < -0.4 is 0 Å².